The van der Waals surface area contributed by atoms with E-state index in [9.17, 15) is 0 Å². The highest BCUT2D eigenvalue weighted by Gasteiger charge is 2.19. The Bertz CT molecular complexity index is 628. The van der Waals surface area contributed by atoms with E-state index in [1.54, 1.807) is 0 Å². The molecule has 96 valence electrons. The number of rotatable bonds is 1. The van der Waals surface area contributed by atoms with Gasteiger partial charge in [0.1, 0.15) is 0 Å². The van der Waals surface area contributed by atoms with E-state index in [-0.39, 0.29) is 0 Å². The molecule has 0 spiro atoms. The van der Waals surface area contributed by atoms with E-state index in [0.29, 0.717) is 0 Å². The molecule has 1 fully saturated rings. The molecule has 19 heavy (non-hydrogen) atoms. The summed E-state index contributed by atoms with van der Waals surface area (Å²) in [5.41, 5.74) is 2.22. The van der Waals surface area contributed by atoms with Crippen molar-refractivity contribution in [2.24, 2.45) is 5.92 Å². The van der Waals surface area contributed by atoms with E-state index in [0.717, 1.165) is 17.4 Å². The van der Waals surface area contributed by atoms with Gasteiger partial charge in [-0.1, -0.05) is 44.0 Å². The summed E-state index contributed by atoms with van der Waals surface area (Å²) in [5.74, 6) is 1.63. The van der Waals surface area contributed by atoms with Crippen molar-refractivity contribution in [3.05, 3.63) is 47.5 Å². The Hall–Kier alpha value is -1.81. The smallest absolute Gasteiger partial charge is 0.0991 e. The number of hydrogen-bond acceptors (Lipinski definition) is 1. The minimum Gasteiger partial charge on any atom is -0.192 e. The van der Waals surface area contributed by atoms with E-state index in [1.807, 2.05) is 12.1 Å². The van der Waals surface area contributed by atoms with Crippen LogP contribution in [0.5, 0.6) is 0 Å². The van der Waals surface area contributed by atoms with Crippen molar-refractivity contribution < 1.29 is 0 Å². The van der Waals surface area contributed by atoms with Crippen molar-refractivity contribution >= 4 is 10.8 Å². The van der Waals surface area contributed by atoms with Crippen molar-refractivity contribution in [1.29, 1.82) is 5.26 Å². The van der Waals surface area contributed by atoms with E-state index in [1.165, 1.54) is 42.0 Å². The second-order valence-corrected chi connectivity index (χ2v) is 5.89. The molecule has 1 heteroatoms. The highest BCUT2D eigenvalue weighted by atomic mass is 14.3. The molecule has 1 aliphatic rings. The molecule has 0 radical (unpaired) electrons. The molecule has 0 aromatic heterocycles. The summed E-state index contributed by atoms with van der Waals surface area (Å²) in [6.07, 6.45) is 5.36. The minimum atomic E-state index is 0.733. The maximum Gasteiger partial charge on any atom is 0.0991 e. The molecular weight excluding hydrogens is 230 g/mol. The maximum atomic E-state index is 8.93. The first-order valence-electron chi connectivity index (χ1n) is 7.20. The van der Waals surface area contributed by atoms with Gasteiger partial charge in [0.05, 0.1) is 11.6 Å². The molecule has 0 atom stereocenters. The molecule has 0 unspecified atom stereocenters. The summed E-state index contributed by atoms with van der Waals surface area (Å²) in [5, 5.41) is 11.4. The molecule has 2 aromatic rings. The molecule has 2 aromatic carbocycles. The minimum absolute atomic E-state index is 0.733. The highest BCUT2D eigenvalue weighted by Crippen LogP contribution is 2.36. The van der Waals surface area contributed by atoms with Crippen LogP contribution in [0.4, 0.5) is 0 Å². The Labute approximate surface area is 114 Å². The number of nitrogens with zero attached hydrogens (tertiary/aromatic N) is 1. The largest absolute Gasteiger partial charge is 0.192 e. The first-order chi connectivity index (χ1) is 9.26. The van der Waals surface area contributed by atoms with Crippen LogP contribution in [0.2, 0.25) is 0 Å². The number of hydrogen-bond donors (Lipinski definition) is 0. The summed E-state index contributed by atoms with van der Waals surface area (Å²) >= 11 is 0. The molecule has 0 N–H and O–H groups in total. The Morgan fingerprint density at radius 3 is 2.37 bits per heavy atom. The highest BCUT2D eigenvalue weighted by molar-refractivity contribution is 5.84. The van der Waals surface area contributed by atoms with Gasteiger partial charge in [0.25, 0.3) is 0 Å². The van der Waals surface area contributed by atoms with Gasteiger partial charge in [0.15, 0.2) is 0 Å². The van der Waals surface area contributed by atoms with Crippen molar-refractivity contribution in [2.75, 3.05) is 0 Å². The molecule has 0 heterocycles. The van der Waals surface area contributed by atoms with Crippen LogP contribution in [0.15, 0.2) is 36.4 Å². The molecular formula is C18H19N. The van der Waals surface area contributed by atoms with Crippen LogP contribution >= 0.6 is 0 Å². The Morgan fingerprint density at radius 2 is 1.63 bits per heavy atom. The van der Waals surface area contributed by atoms with E-state index in [4.69, 9.17) is 5.26 Å². The van der Waals surface area contributed by atoms with Crippen LogP contribution in [0.3, 0.4) is 0 Å². The Morgan fingerprint density at radius 1 is 0.947 bits per heavy atom. The van der Waals surface area contributed by atoms with Gasteiger partial charge in [-0.3, -0.25) is 0 Å². The third-order valence-electron chi connectivity index (χ3n) is 4.48. The molecule has 1 nitrogen and oxygen atoms in total. The molecule has 3 rings (SSSR count). The summed E-state index contributed by atoms with van der Waals surface area (Å²) in [6.45, 7) is 2.36. The standard InChI is InChI=1S/C18H19N/c1-13-2-5-15(6-3-13)17-9-8-16-10-14(12-19)4-7-18(16)11-17/h4,7-11,13,15H,2-3,5-6H2,1H3/t13-,15-. The fourth-order valence-corrected chi connectivity index (χ4v) is 3.18. The SMILES string of the molecule is C[C@H]1CC[C@H](c2ccc3cc(C#N)ccc3c2)CC1. The predicted molar refractivity (Wildman–Crippen MR) is 79.0 cm³/mol. The zero-order valence-electron chi connectivity index (χ0n) is 11.4. The van der Waals surface area contributed by atoms with Gasteiger partial charge in [0, 0.05) is 0 Å². The first kappa shape index (κ1) is 12.2. The lowest BCUT2D eigenvalue weighted by Crippen LogP contribution is -2.10. The summed E-state index contributed by atoms with van der Waals surface area (Å²) in [6, 6.07) is 14.9. The third-order valence-corrected chi connectivity index (χ3v) is 4.48. The normalized spacial score (nSPS) is 23.2. The van der Waals surface area contributed by atoms with Crippen molar-refractivity contribution in [1.82, 2.24) is 0 Å². The number of fused-ring (bicyclic) bond motifs is 1. The van der Waals surface area contributed by atoms with E-state index in [2.05, 4.69) is 37.3 Å². The Kier molecular flexibility index (Phi) is 3.25. The van der Waals surface area contributed by atoms with Crippen LogP contribution in [0.1, 0.15) is 49.7 Å². The average molecular weight is 249 g/mol. The van der Waals surface area contributed by atoms with Gasteiger partial charge < -0.3 is 0 Å². The summed E-state index contributed by atoms with van der Waals surface area (Å²) in [7, 11) is 0. The quantitative estimate of drug-likeness (QED) is 0.697. The molecule has 0 saturated heterocycles. The van der Waals surface area contributed by atoms with Gasteiger partial charge in [-0.15, -0.1) is 0 Å². The van der Waals surface area contributed by atoms with Gasteiger partial charge >= 0.3 is 0 Å². The van der Waals surface area contributed by atoms with Crippen LogP contribution in [0, 0.1) is 17.2 Å². The van der Waals surface area contributed by atoms with Crippen molar-refractivity contribution in [2.45, 2.75) is 38.5 Å². The van der Waals surface area contributed by atoms with Crippen molar-refractivity contribution in [3.63, 3.8) is 0 Å². The second-order valence-electron chi connectivity index (χ2n) is 5.89. The molecule has 0 amide bonds. The molecule has 0 bridgehead atoms. The zero-order chi connectivity index (χ0) is 13.2. The van der Waals surface area contributed by atoms with Gasteiger partial charge in [0.2, 0.25) is 0 Å². The van der Waals surface area contributed by atoms with Crippen LogP contribution in [0.25, 0.3) is 10.8 Å². The van der Waals surface area contributed by atoms with Crippen molar-refractivity contribution in [3.8, 4) is 6.07 Å². The monoisotopic (exact) mass is 249 g/mol. The lowest BCUT2D eigenvalue weighted by molar-refractivity contribution is 0.348. The lowest BCUT2D eigenvalue weighted by Gasteiger charge is -2.26. The maximum absolute atomic E-state index is 8.93. The fourth-order valence-electron chi connectivity index (χ4n) is 3.18. The van der Waals surface area contributed by atoms with Crippen LogP contribution in [-0.2, 0) is 0 Å². The first-order valence-corrected chi connectivity index (χ1v) is 7.20. The number of nitriles is 1. The third kappa shape index (κ3) is 2.49. The molecule has 1 saturated carbocycles. The zero-order valence-corrected chi connectivity index (χ0v) is 11.4. The summed E-state index contributed by atoms with van der Waals surface area (Å²) in [4.78, 5) is 0. The van der Waals surface area contributed by atoms with E-state index >= 15 is 0 Å². The molecule has 0 aliphatic heterocycles. The average Bonchev–Trinajstić information content (AvgIpc) is 2.47. The van der Waals surface area contributed by atoms with Crippen LogP contribution < -0.4 is 0 Å². The Balaban J connectivity index is 1.92. The lowest BCUT2D eigenvalue weighted by atomic mass is 9.79. The molecule has 1 aliphatic carbocycles. The van der Waals surface area contributed by atoms with E-state index < -0.39 is 0 Å². The van der Waals surface area contributed by atoms with Gasteiger partial charge in [-0.2, -0.15) is 5.26 Å². The number of benzene rings is 2. The fraction of sp³-hybridized carbons (Fsp3) is 0.389. The predicted octanol–water partition coefficient (Wildman–Crippen LogP) is 5.01. The van der Waals surface area contributed by atoms with Gasteiger partial charge in [-0.25, -0.2) is 0 Å². The second kappa shape index (κ2) is 5.05. The van der Waals surface area contributed by atoms with Crippen LogP contribution in [-0.4, -0.2) is 0 Å². The topological polar surface area (TPSA) is 23.8 Å². The summed E-state index contributed by atoms with van der Waals surface area (Å²) < 4.78 is 0. The van der Waals surface area contributed by atoms with Gasteiger partial charge in [-0.05, 0) is 53.1 Å².